The van der Waals surface area contributed by atoms with Crippen LogP contribution in [0, 0.1) is 6.92 Å². The lowest BCUT2D eigenvalue weighted by atomic mass is 10.1. The third-order valence-electron chi connectivity index (χ3n) is 4.41. The summed E-state index contributed by atoms with van der Waals surface area (Å²) in [6.45, 7) is 3.75. The molecule has 138 valence electrons. The molecule has 8 nitrogen and oxygen atoms in total. The van der Waals surface area contributed by atoms with Crippen LogP contribution in [0.5, 0.6) is 0 Å². The number of carbonyl (C=O) groups is 1. The summed E-state index contributed by atoms with van der Waals surface area (Å²) in [5.41, 5.74) is 1.65. The van der Waals surface area contributed by atoms with Gasteiger partial charge in [-0.25, -0.2) is 0 Å². The molecule has 0 radical (unpaired) electrons. The Bertz CT molecular complexity index is 913. The summed E-state index contributed by atoms with van der Waals surface area (Å²) < 4.78 is 0. The molecule has 0 saturated carbocycles. The number of rotatable bonds is 5. The fraction of sp³-hybridized carbons (Fsp3) is 0.333. The standard InChI is InChI=1S/C18H19N7OS/c1-12-21-24-18(27-12)25-9-7-13(11-25)15-5-6-16(23-22-15)20-17(26)10-14-4-2-3-8-19-14/h2-6,8,13H,7,9-11H2,1H3,(H,20,23,26). The maximum absolute atomic E-state index is 12.1. The highest BCUT2D eigenvalue weighted by Crippen LogP contribution is 2.31. The molecule has 1 amide bonds. The first-order valence-electron chi connectivity index (χ1n) is 8.76. The number of amides is 1. The van der Waals surface area contributed by atoms with Crippen LogP contribution >= 0.6 is 11.3 Å². The molecule has 9 heteroatoms. The highest BCUT2D eigenvalue weighted by atomic mass is 32.1. The number of nitrogens with zero attached hydrogens (tertiary/aromatic N) is 6. The van der Waals surface area contributed by atoms with E-state index in [9.17, 15) is 4.79 Å². The minimum absolute atomic E-state index is 0.158. The number of anilines is 2. The highest BCUT2D eigenvalue weighted by Gasteiger charge is 2.27. The van der Waals surface area contributed by atoms with Crippen LogP contribution in [0.3, 0.4) is 0 Å². The van der Waals surface area contributed by atoms with Crippen molar-refractivity contribution in [3.63, 3.8) is 0 Å². The van der Waals surface area contributed by atoms with Gasteiger partial charge in [-0.2, -0.15) is 5.10 Å². The van der Waals surface area contributed by atoms with E-state index >= 15 is 0 Å². The largest absolute Gasteiger partial charge is 0.346 e. The minimum atomic E-state index is -0.158. The SMILES string of the molecule is Cc1nnc(N2CCC(c3ccc(NC(=O)Cc4ccccn4)nn3)C2)s1. The Hall–Kier alpha value is -2.94. The van der Waals surface area contributed by atoms with Crippen LogP contribution in [0.15, 0.2) is 36.5 Å². The van der Waals surface area contributed by atoms with E-state index in [1.54, 1.807) is 23.6 Å². The van der Waals surface area contributed by atoms with Gasteiger partial charge in [-0.1, -0.05) is 17.4 Å². The summed E-state index contributed by atoms with van der Waals surface area (Å²) in [6, 6.07) is 9.24. The van der Waals surface area contributed by atoms with Crippen molar-refractivity contribution in [1.82, 2.24) is 25.4 Å². The molecule has 1 saturated heterocycles. The molecule has 0 aliphatic carbocycles. The molecule has 0 aromatic carbocycles. The van der Waals surface area contributed by atoms with E-state index in [1.165, 1.54) is 0 Å². The zero-order valence-corrected chi connectivity index (χ0v) is 15.7. The Labute approximate surface area is 160 Å². The predicted molar refractivity (Wildman–Crippen MR) is 103 cm³/mol. The van der Waals surface area contributed by atoms with Crippen molar-refractivity contribution in [1.29, 1.82) is 0 Å². The van der Waals surface area contributed by atoms with Gasteiger partial charge in [0.2, 0.25) is 11.0 Å². The second-order valence-corrected chi connectivity index (χ2v) is 7.58. The van der Waals surface area contributed by atoms with Crippen LogP contribution in [-0.4, -0.2) is 44.4 Å². The molecule has 27 heavy (non-hydrogen) atoms. The molecule has 4 rings (SSSR count). The molecule has 0 spiro atoms. The zero-order chi connectivity index (χ0) is 18.6. The summed E-state index contributed by atoms with van der Waals surface area (Å²) in [5, 5.41) is 21.5. The lowest BCUT2D eigenvalue weighted by Gasteiger charge is -2.13. The quantitative estimate of drug-likeness (QED) is 0.724. The average molecular weight is 381 g/mol. The van der Waals surface area contributed by atoms with Gasteiger partial charge < -0.3 is 10.2 Å². The third kappa shape index (κ3) is 4.25. The van der Waals surface area contributed by atoms with Gasteiger partial charge in [-0.15, -0.1) is 15.3 Å². The Balaban J connectivity index is 1.34. The van der Waals surface area contributed by atoms with Gasteiger partial charge in [0.15, 0.2) is 5.82 Å². The van der Waals surface area contributed by atoms with Gasteiger partial charge in [0.05, 0.1) is 12.1 Å². The first-order valence-corrected chi connectivity index (χ1v) is 9.57. The van der Waals surface area contributed by atoms with Crippen molar-refractivity contribution < 1.29 is 4.79 Å². The van der Waals surface area contributed by atoms with Gasteiger partial charge in [-0.05, 0) is 37.6 Å². The average Bonchev–Trinajstić information content (AvgIpc) is 3.32. The summed E-state index contributed by atoms with van der Waals surface area (Å²) in [4.78, 5) is 18.5. The Kier molecular flexibility index (Phi) is 5.01. The monoisotopic (exact) mass is 381 g/mol. The highest BCUT2D eigenvalue weighted by molar-refractivity contribution is 7.15. The molecule has 1 fully saturated rings. The topological polar surface area (TPSA) is 96.8 Å². The zero-order valence-electron chi connectivity index (χ0n) is 14.9. The van der Waals surface area contributed by atoms with Crippen LogP contribution in [-0.2, 0) is 11.2 Å². The van der Waals surface area contributed by atoms with Gasteiger partial charge in [0, 0.05) is 30.9 Å². The lowest BCUT2D eigenvalue weighted by Crippen LogP contribution is -2.19. The number of pyridine rings is 1. The van der Waals surface area contributed by atoms with E-state index in [0.717, 1.165) is 41.0 Å². The van der Waals surface area contributed by atoms with Crippen molar-refractivity contribution in [3.8, 4) is 0 Å². The smallest absolute Gasteiger partial charge is 0.231 e. The van der Waals surface area contributed by atoms with E-state index in [1.807, 2.05) is 31.2 Å². The minimum Gasteiger partial charge on any atom is -0.346 e. The number of nitrogens with one attached hydrogen (secondary N) is 1. The summed E-state index contributed by atoms with van der Waals surface area (Å²) in [5.74, 6) is 0.601. The Morgan fingerprint density at radius 2 is 2.15 bits per heavy atom. The van der Waals surface area contributed by atoms with Gasteiger partial charge in [-0.3, -0.25) is 9.78 Å². The maximum Gasteiger partial charge on any atom is 0.231 e. The fourth-order valence-electron chi connectivity index (χ4n) is 3.07. The molecule has 1 unspecified atom stereocenters. The van der Waals surface area contributed by atoms with Crippen molar-refractivity contribution >= 4 is 28.2 Å². The normalized spacial score (nSPS) is 16.5. The number of hydrogen-bond donors (Lipinski definition) is 1. The van der Waals surface area contributed by atoms with Gasteiger partial charge >= 0.3 is 0 Å². The van der Waals surface area contributed by atoms with Crippen LogP contribution in [0.4, 0.5) is 10.9 Å². The molecule has 1 aliphatic rings. The Morgan fingerprint density at radius 3 is 2.85 bits per heavy atom. The second-order valence-electron chi connectivity index (χ2n) is 6.42. The fourth-order valence-corrected chi connectivity index (χ4v) is 3.79. The maximum atomic E-state index is 12.1. The van der Waals surface area contributed by atoms with E-state index in [0.29, 0.717) is 11.7 Å². The van der Waals surface area contributed by atoms with E-state index < -0.39 is 0 Å². The van der Waals surface area contributed by atoms with Crippen molar-refractivity contribution in [2.45, 2.75) is 25.7 Å². The molecule has 0 bridgehead atoms. The van der Waals surface area contributed by atoms with Crippen molar-refractivity contribution in [3.05, 3.63) is 52.9 Å². The van der Waals surface area contributed by atoms with Crippen molar-refractivity contribution in [2.75, 3.05) is 23.3 Å². The van der Waals surface area contributed by atoms with E-state index in [4.69, 9.17) is 0 Å². The van der Waals surface area contributed by atoms with Crippen LogP contribution in [0.1, 0.15) is 28.7 Å². The summed E-state index contributed by atoms with van der Waals surface area (Å²) in [6.07, 6.45) is 2.88. The van der Waals surface area contributed by atoms with Crippen LogP contribution in [0.2, 0.25) is 0 Å². The van der Waals surface area contributed by atoms with Crippen molar-refractivity contribution in [2.24, 2.45) is 0 Å². The summed E-state index contributed by atoms with van der Waals surface area (Å²) >= 11 is 1.61. The predicted octanol–water partition coefficient (Wildman–Crippen LogP) is 2.21. The van der Waals surface area contributed by atoms with Gasteiger partial charge in [0.1, 0.15) is 5.01 Å². The van der Waals surface area contributed by atoms with Gasteiger partial charge in [0.25, 0.3) is 0 Å². The molecule has 3 aromatic rings. The first-order chi connectivity index (χ1) is 13.2. The summed E-state index contributed by atoms with van der Waals surface area (Å²) in [7, 11) is 0. The third-order valence-corrected chi connectivity index (χ3v) is 5.31. The molecular formula is C18H19N7OS. The number of carbonyl (C=O) groups excluding carboxylic acids is 1. The first kappa shape index (κ1) is 17.5. The van der Waals surface area contributed by atoms with E-state index in [2.05, 4.69) is 35.6 Å². The second kappa shape index (κ2) is 7.75. The van der Waals surface area contributed by atoms with Crippen LogP contribution < -0.4 is 10.2 Å². The van der Waals surface area contributed by atoms with E-state index in [-0.39, 0.29) is 12.3 Å². The molecular weight excluding hydrogens is 362 g/mol. The molecule has 4 heterocycles. The molecule has 1 N–H and O–H groups in total. The Morgan fingerprint density at radius 1 is 1.22 bits per heavy atom. The number of aromatic nitrogens is 5. The van der Waals surface area contributed by atoms with Crippen LogP contribution in [0.25, 0.3) is 0 Å². The molecule has 1 atom stereocenters. The number of hydrogen-bond acceptors (Lipinski definition) is 8. The molecule has 1 aliphatic heterocycles. The number of aryl methyl sites for hydroxylation is 1. The lowest BCUT2D eigenvalue weighted by molar-refractivity contribution is -0.115. The molecule has 3 aromatic heterocycles.